The van der Waals surface area contributed by atoms with Gasteiger partial charge >= 0.3 is 0 Å². The van der Waals surface area contributed by atoms with Crippen molar-refractivity contribution in [2.45, 2.75) is 5.92 Å². The molecule has 6 nitrogen and oxygen atoms in total. The Bertz CT molecular complexity index is 784. The van der Waals surface area contributed by atoms with Crippen LogP contribution >= 0.6 is 0 Å². The van der Waals surface area contributed by atoms with E-state index in [1.165, 1.54) is 0 Å². The first kappa shape index (κ1) is 18.2. The maximum Gasteiger partial charge on any atom is 0.224 e. The normalized spacial score (nSPS) is 20.6. The van der Waals surface area contributed by atoms with Crippen LogP contribution in [0, 0.1) is 5.92 Å². The molecular weight excluding hydrogens is 328 g/mol. The summed E-state index contributed by atoms with van der Waals surface area (Å²) in [5, 5.41) is 7.07. The van der Waals surface area contributed by atoms with E-state index in [-0.39, 0.29) is 17.7 Å². The van der Waals surface area contributed by atoms with E-state index in [2.05, 4.69) is 27.5 Å². The Labute approximate surface area is 154 Å². The number of aromatic nitrogens is 2. The number of carbonyl (C=O) groups is 1. The van der Waals surface area contributed by atoms with Crippen molar-refractivity contribution < 1.29 is 9.53 Å². The lowest BCUT2D eigenvalue weighted by Crippen LogP contribution is -2.32. The summed E-state index contributed by atoms with van der Waals surface area (Å²) in [6.07, 6.45) is 8.08. The highest BCUT2D eigenvalue weighted by Crippen LogP contribution is 2.32. The molecule has 6 heteroatoms. The van der Waals surface area contributed by atoms with Crippen molar-refractivity contribution in [2.75, 3.05) is 33.8 Å². The first-order valence-electron chi connectivity index (χ1n) is 8.84. The number of para-hydroxylation sites is 1. The monoisotopic (exact) mass is 354 g/mol. The molecule has 0 spiro atoms. The molecule has 0 saturated carbocycles. The van der Waals surface area contributed by atoms with Crippen LogP contribution in [0.3, 0.4) is 0 Å². The van der Waals surface area contributed by atoms with Crippen LogP contribution in [0.4, 0.5) is 0 Å². The van der Waals surface area contributed by atoms with Crippen molar-refractivity contribution in [3.63, 3.8) is 0 Å². The fourth-order valence-electron chi connectivity index (χ4n) is 3.59. The third-order valence-corrected chi connectivity index (χ3v) is 4.93. The van der Waals surface area contributed by atoms with E-state index in [4.69, 9.17) is 4.74 Å². The number of hydrogen-bond donors (Lipinski definition) is 1. The minimum Gasteiger partial charge on any atom is -0.496 e. The molecule has 26 heavy (non-hydrogen) atoms. The molecule has 0 radical (unpaired) electrons. The number of rotatable bonds is 6. The molecule has 1 saturated heterocycles. The summed E-state index contributed by atoms with van der Waals surface area (Å²) in [5.74, 6) is 1.07. The van der Waals surface area contributed by atoms with E-state index in [0.29, 0.717) is 0 Å². The van der Waals surface area contributed by atoms with Gasteiger partial charge in [0.2, 0.25) is 5.91 Å². The Morgan fingerprint density at radius 3 is 2.88 bits per heavy atom. The number of amides is 1. The number of carbonyl (C=O) groups excluding carboxylic acids is 1. The second-order valence-electron chi connectivity index (χ2n) is 6.64. The van der Waals surface area contributed by atoms with Gasteiger partial charge in [0.1, 0.15) is 5.75 Å². The van der Waals surface area contributed by atoms with Crippen LogP contribution in [0.15, 0.2) is 42.7 Å². The predicted molar refractivity (Wildman–Crippen MR) is 102 cm³/mol. The number of benzene rings is 1. The molecule has 0 unspecified atom stereocenters. The van der Waals surface area contributed by atoms with Crippen LogP contribution in [0.5, 0.6) is 5.75 Å². The van der Waals surface area contributed by atoms with Crippen LogP contribution in [-0.4, -0.2) is 54.4 Å². The van der Waals surface area contributed by atoms with Crippen LogP contribution in [0.1, 0.15) is 17.0 Å². The summed E-state index contributed by atoms with van der Waals surface area (Å²) >= 11 is 0. The van der Waals surface area contributed by atoms with E-state index in [9.17, 15) is 4.79 Å². The fourth-order valence-corrected chi connectivity index (χ4v) is 3.59. The van der Waals surface area contributed by atoms with Gasteiger partial charge in [-0.3, -0.25) is 14.4 Å². The van der Waals surface area contributed by atoms with Gasteiger partial charge in [0.15, 0.2) is 0 Å². The zero-order valence-corrected chi connectivity index (χ0v) is 15.6. The molecule has 1 aromatic heterocycles. The lowest BCUT2D eigenvalue weighted by molar-refractivity contribution is -0.124. The van der Waals surface area contributed by atoms with Crippen LogP contribution in [-0.2, 0) is 11.8 Å². The third kappa shape index (κ3) is 3.96. The minimum absolute atomic E-state index is 0.0520. The van der Waals surface area contributed by atoms with Crippen LogP contribution < -0.4 is 10.1 Å². The molecule has 1 aliphatic heterocycles. The Morgan fingerprint density at radius 1 is 1.38 bits per heavy atom. The zero-order chi connectivity index (χ0) is 18.5. The largest absolute Gasteiger partial charge is 0.496 e. The van der Waals surface area contributed by atoms with Gasteiger partial charge in [0.05, 0.1) is 19.2 Å². The van der Waals surface area contributed by atoms with Crippen molar-refractivity contribution in [1.82, 2.24) is 20.0 Å². The van der Waals surface area contributed by atoms with E-state index in [1.807, 2.05) is 43.7 Å². The highest BCUT2D eigenvalue weighted by molar-refractivity contribution is 5.80. The van der Waals surface area contributed by atoms with Gasteiger partial charge in [-0.2, -0.15) is 5.10 Å². The standard InChI is InChI=1S/C20H26N4O2/c1-21-20(25)18-14-24(13-17(18)16-11-22-23(2)12-16)10-6-8-15-7-4-5-9-19(15)26-3/h4-9,11-12,17-18H,10,13-14H2,1-3H3,(H,21,25)/b8-6+/t17-,18+/m1/s1. The predicted octanol–water partition coefficient (Wildman–Crippen LogP) is 1.90. The quantitative estimate of drug-likeness (QED) is 0.861. The molecule has 3 rings (SSSR count). The van der Waals surface area contributed by atoms with Gasteiger partial charge < -0.3 is 10.1 Å². The van der Waals surface area contributed by atoms with Crippen molar-refractivity contribution in [1.29, 1.82) is 0 Å². The molecule has 2 aromatic rings. The molecule has 1 aromatic carbocycles. The Kier molecular flexibility index (Phi) is 5.73. The van der Waals surface area contributed by atoms with E-state index in [1.54, 1.807) is 18.8 Å². The molecule has 0 bridgehead atoms. The molecule has 1 N–H and O–H groups in total. The summed E-state index contributed by atoms with van der Waals surface area (Å²) in [5.41, 5.74) is 2.18. The number of methoxy groups -OCH3 is 1. The van der Waals surface area contributed by atoms with Gasteiger partial charge in [-0.1, -0.05) is 30.4 Å². The Hall–Kier alpha value is -2.60. The van der Waals surface area contributed by atoms with E-state index >= 15 is 0 Å². The summed E-state index contributed by atoms with van der Waals surface area (Å²) in [7, 11) is 5.29. The lowest BCUT2D eigenvalue weighted by atomic mass is 9.90. The number of nitrogens with one attached hydrogen (secondary N) is 1. The van der Waals surface area contributed by atoms with Crippen molar-refractivity contribution in [3.8, 4) is 5.75 Å². The average molecular weight is 354 g/mol. The van der Waals surface area contributed by atoms with Gasteiger partial charge in [-0.15, -0.1) is 0 Å². The number of ether oxygens (including phenoxy) is 1. The maximum atomic E-state index is 12.3. The van der Waals surface area contributed by atoms with Gasteiger partial charge in [0, 0.05) is 51.4 Å². The highest BCUT2D eigenvalue weighted by atomic mass is 16.5. The van der Waals surface area contributed by atoms with Gasteiger partial charge in [0.25, 0.3) is 0 Å². The maximum absolute atomic E-state index is 12.3. The molecule has 1 fully saturated rings. The molecule has 2 heterocycles. The van der Waals surface area contributed by atoms with Crippen LogP contribution in [0.2, 0.25) is 0 Å². The lowest BCUT2D eigenvalue weighted by Gasteiger charge is -2.15. The summed E-state index contributed by atoms with van der Waals surface area (Å²) in [6.45, 7) is 2.39. The SMILES string of the molecule is CNC(=O)[C@H]1CN(C/C=C/c2ccccc2OC)C[C@@H]1c1cnn(C)c1. The molecule has 1 aliphatic rings. The second-order valence-corrected chi connectivity index (χ2v) is 6.64. The van der Waals surface area contributed by atoms with Crippen molar-refractivity contribution >= 4 is 12.0 Å². The Morgan fingerprint density at radius 2 is 2.19 bits per heavy atom. The number of hydrogen-bond acceptors (Lipinski definition) is 4. The number of likely N-dealkylation sites (tertiary alicyclic amines) is 1. The van der Waals surface area contributed by atoms with Crippen molar-refractivity contribution in [3.05, 3.63) is 53.9 Å². The summed E-state index contributed by atoms with van der Waals surface area (Å²) in [6, 6.07) is 7.95. The van der Waals surface area contributed by atoms with E-state index in [0.717, 1.165) is 36.5 Å². The first-order valence-corrected chi connectivity index (χ1v) is 8.84. The molecule has 0 aliphatic carbocycles. The molecule has 2 atom stereocenters. The molecule has 138 valence electrons. The molecular formula is C20H26N4O2. The second kappa shape index (κ2) is 8.19. The third-order valence-electron chi connectivity index (χ3n) is 4.93. The van der Waals surface area contributed by atoms with E-state index < -0.39 is 0 Å². The summed E-state index contributed by atoms with van der Waals surface area (Å²) < 4.78 is 7.17. The number of aryl methyl sites for hydroxylation is 1. The zero-order valence-electron chi connectivity index (χ0n) is 15.6. The van der Waals surface area contributed by atoms with Crippen LogP contribution in [0.25, 0.3) is 6.08 Å². The highest BCUT2D eigenvalue weighted by Gasteiger charge is 2.38. The van der Waals surface area contributed by atoms with Gasteiger partial charge in [-0.05, 0) is 11.6 Å². The smallest absolute Gasteiger partial charge is 0.224 e. The average Bonchev–Trinajstić information content (AvgIpc) is 3.27. The number of nitrogens with zero attached hydrogens (tertiary/aromatic N) is 3. The Balaban J connectivity index is 1.69. The minimum atomic E-state index is -0.0520. The van der Waals surface area contributed by atoms with Crippen molar-refractivity contribution in [2.24, 2.45) is 13.0 Å². The fraction of sp³-hybridized carbons (Fsp3) is 0.400. The first-order chi connectivity index (χ1) is 12.6. The molecule has 1 amide bonds. The summed E-state index contributed by atoms with van der Waals surface area (Å²) in [4.78, 5) is 14.6. The topological polar surface area (TPSA) is 59.4 Å². The van der Waals surface area contributed by atoms with Gasteiger partial charge in [-0.25, -0.2) is 0 Å².